The number of imide groups is 1. The van der Waals surface area contributed by atoms with Gasteiger partial charge in [-0.1, -0.05) is 30.3 Å². The smallest absolute Gasteiger partial charge is 0.415 e. The summed E-state index contributed by atoms with van der Waals surface area (Å²) in [4.78, 5) is 24.6. The highest BCUT2D eigenvalue weighted by Gasteiger charge is 2.24. The fourth-order valence-electron chi connectivity index (χ4n) is 1.77. The van der Waals surface area contributed by atoms with Gasteiger partial charge >= 0.3 is 12.1 Å². The molecule has 19 heavy (non-hydrogen) atoms. The molecule has 3 N–H and O–H groups in total. The Morgan fingerprint density at radius 3 is 2.26 bits per heavy atom. The van der Waals surface area contributed by atoms with Crippen molar-refractivity contribution in [2.75, 3.05) is 20.6 Å². The van der Waals surface area contributed by atoms with Crippen molar-refractivity contribution in [2.45, 2.75) is 12.5 Å². The molecule has 0 heterocycles. The maximum atomic E-state index is 11.1. The lowest BCUT2D eigenvalue weighted by atomic mass is 10.0. The topological polar surface area (TPSA) is 86.9 Å². The van der Waals surface area contributed by atoms with Crippen molar-refractivity contribution in [3.05, 3.63) is 35.9 Å². The van der Waals surface area contributed by atoms with Crippen LogP contribution in [0.1, 0.15) is 5.56 Å². The van der Waals surface area contributed by atoms with Crippen LogP contribution in [-0.2, 0) is 6.42 Å². The van der Waals surface area contributed by atoms with Crippen molar-refractivity contribution in [3.63, 3.8) is 0 Å². The van der Waals surface area contributed by atoms with Gasteiger partial charge < -0.3 is 15.7 Å². The summed E-state index contributed by atoms with van der Waals surface area (Å²) in [5.74, 6) is 0. The monoisotopic (exact) mass is 265 g/mol. The van der Waals surface area contributed by atoms with Crippen LogP contribution in [0.3, 0.4) is 0 Å². The van der Waals surface area contributed by atoms with E-state index in [1.54, 1.807) is 0 Å². The third-order valence-corrected chi connectivity index (χ3v) is 2.93. The lowest BCUT2D eigenvalue weighted by Crippen LogP contribution is -2.48. The predicted octanol–water partition coefficient (Wildman–Crippen LogP) is 1.22. The number of nitrogens with zero attached hydrogens (tertiary/aromatic N) is 2. The Morgan fingerprint density at radius 1 is 1.26 bits per heavy atom. The van der Waals surface area contributed by atoms with Crippen molar-refractivity contribution >= 4 is 12.1 Å². The van der Waals surface area contributed by atoms with Crippen LogP contribution >= 0.6 is 0 Å². The van der Waals surface area contributed by atoms with E-state index in [2.05, 4.69) is 0 Å². The van der Waals surface area contributed by atoms with Gasteiger partial charge in [0.25, 0.3) is 0 Å². The number of benzene rings is 1. The molecule has 3 amide bonds. The van der Waals surface area contributed by atoms with Crippen LogP contribution in [0.5, 0.6) is 0 Å². The fraction of sp³-hybridized carbons (Fsp3) is 0.385. The minimum absolute atomic E-state index is 0.0482. The molecule has 6 heteroatoms. The average molecular weight is 265 g/mol. The van der Waals surface area contributed by atoms with Crippen LogP contribution in [0, 0.1) is 0 Å². The van der Waals surface area contributed by atoms with Gasteiger partial charge in [-0.2, -0.15) is 0 Å². The molecular weight excluding hydrogens is 246 g/mol. The van der Waals surface area contributed by atoms with Crippen LogP contribution in [0.15, 0.2) is 30.3 Å². The quantitative estimate of drug-likeness (QED) is 0.838. The van der Waals surface area contributed by atoms with Crippen LogP contribution in [-0.4, -0.2) is 53.7 Å². The number of urea groups is 1. The van der Waals surface area contributed by atoms with Crippen molar-refractivity contribution in [3.8, 4) is 0 Å². The maximum absolute atomic E-state index is 11.1. The van der Waals surface area contributed by atoms with E-state index < -0.39 is 12.1 Å². The zero-order valence-corrected chi connectivity index (χ0v) is 11.1. The Hall–Kier alpha value is -2.08. The minimum atomic E-state index is -1.33. The Balaban J connectivity index is 2.78. The highest BCUT2D eigenvalue weighted by Crippen LogP contribution is 2.08. The summed E-state index contributed by atoms with van der Waals surface area (Å²) in [6.45, 7) is 0.0482. The molecule has 0 saturated heterocycles. The second-order valence-corrected chi connectivity index (χ2v) is 4.54. The summed E-state index contributed by atoms with van der Waals surface area (Å²) < 4.78 is 0. The number of likely N-dealkylation sites (N-methyl/N-ethyl adjacent to an activating group) is 1. The summed E-state index contributed by atoms with van der Waals surface area (Å²) in [5.41, 5.74) is 6.15. The fourth-order valence-corrected chi connectivity index (χ4v) is 1.77. The van der Waals surface area contributed by atoms with E-state index in [1.807, 2.05) is 49.3 Å². The van der Waals surface area contributed by atoms with Crippen molar-refractivity contribution in [1.29, 1.82) is 0 Å². The van der Waals surface area contributed by atoms with Gasteiger partial charge in [-0.25, -0.2) is 14.5 Å². The van der Waals surface area contributed by atoms with E-state index in [0.717, 1.165) is 5.56 Å². The molecule has 0 bridgehead atoms. The number of hydrogen-bond acceptors (Lipinski definition) is 3. The second-order valence-electron chi connectivity index (χ2n) is 4.54. The number of nitrogens with two attached hydrogens (primary N) is 1. The van der Waals surface area contributed by atoms with Gasteiger partial charge in [0.2, 0.25) is 0 Å². The van der Waals surface area contributed by atoms with E-state index in [4.69, 9.17) is 10.8 Å². The van der Waals surface area contributed by atoms with Crippen LogP contribution in [0.4, 0.5) is 9.59 Å². The SMILES string of the molecule is CN(C)[C@H](Cc1ccccc1)CN(C(N)=O)C(=O)O. The number of amides is 3. The molecule has 104 valence electrons. The first-order valence-electron chi connectivity index (χ1n) is 5.92. The summed E-state index contributed by atoms with van der Waals surface area (Å²) in [6, 6.07) is 8.62. The van der Waals surface area contributed by atoms with E-state index in [9.17, 15) is 9.59 Å². The van der Waals surface area contributed by atoms with Gasteiger partial charge in [-0.3, -0.25) is 0 Å². The molecule has 0 saturated carbocycles. The van der Waals surface area contributed by atoms with Gasteiger partial charge in [-0.05, 0) is 26.1 Å². The first kappa shape index (κ1) is 15.0. The molecule has 0 aliphatic rings. The summed E-state index contributed by atoms with van der Waals surface area (Å²) >= 11 is 0. The third kappa shape index (κ3) is 4.59. The Labute approximate surface area is 112 Å². The Bertz CT molecular complexity index is 420. The largest absolute Gasteiger partial charge is 0.465 e. The Kier molecular flexibility index (Phi) is 5.32. The van der Waals surface area contributed by atoms with Crippen LogP contribution in [0.25, 0.3) is 0 Å². The van der Waals surface area contributed by atoms with E-state index in [1.165, 1.54) is 0 Å². The molecule has 0 spiro atoms. The molecule has 0 aliphatic carbocycles. The molecule has 1 atom stereocenters. The number of carboxylic acid groups (broad SMARTS) is 1. The third-order valence-electron chi connectivity index (χ3n) is 2.93. The number of rotatable bonds is 5. The normalized spacial score (nSPS) is 12.2. The maximum Gasteiger partial charge on any atom is 0.415 e. The molecule has 0 aliphatic heterocycles. The zero-order valence-electron chi connectivity index (χ0n) is 11.1. The second kappa shape index (κ2) is 6.75. The summed E-state index contributed by atoms with van der Waals surface area (Å²) in [5, 5.41) is 8.95. The molecular formula is C13H19N3O3. The first-order valence-corrected chi connectivity index (χ1v) is 5.92. The molecule has 0 unspecified atom stereocenters. The van der Waals surface area contributed by atoms with Crippen LogP contribution in [0.2, 0.25) is 0 Å². The van der Waals surface area contributed by atoms with Gasteiger partial charge in [0.05, 0.1) is 0 Å². The van der Waals surface area contributed by atoms with Crippen LogP contribution < -0.4 is 5.73 Å². The molecule has 0 fully saturated rings. The molecule has 0 radical (unpaired) electrons. The summed E-state index contributed by atoms with van der Waals surface area (Å²) in [6.07, 6.45) is -0.683. The standard InChI is InChI=1S/C13H19N3O3/c1-15(2)11(8-10-6-4-3-5-7-10)9-16(12(14)17)13(18)19/h3-7,11H,8-9H2,1-2H3,(H2,14,17)(H,18,19)/t11-/m1/s1. The van der Waals surface area contributed by atoms with Gasteiger partial charge in [0.1, 0.15) is 0 Å². The van der Waals surface area contributed by atoms with Crippen molar-refractivity contribution in [1.82, 2.24) is 9.80 Å². The minimum Gasteiger partial charge on any atom is -0.465 e. The van der Waals surface area contributed by atoms with Gasteiger partial charge in [-0.15, -0.1) is 0 Å². The lowest BCUT2D eigenvalue weighted by molar-refractivity contribution is 0.137. The van der Waals surface area contributed by atoms with E-state index >= 15 is 0 Å². The van der Waals surface area contributed by atoms with Gasteiger partial charge in [0.15, 0.2) is 0 Å². The predicted molar refractivity (Wildman–Crippen MR) is 71.9 cm³/mol. The molecule has 0 aromatic heterocycles. The average Bonchev–Trinajstić information content (AvgIpc) is 2.34. The lowest BCUT2D eigenvalue weighted by Gasteiger charge is -2.28. The number of hydrogen-bond donors (Lipinski definition) is 2. The summed E-state index contributed by atoms with van der Waals surface area (Å²) in [7, 11) is 3.68. The van der Waals surface area contributed by atoms with Gasteiger partial charge in [0, 0.05) is 12.6 Å². The Morgan fingerprint density at radius 2 is 1.84 bits per heavy atom. The molecule has 1 aromatic carbocycles. The number of carbonyl (C=O) groups is 2. The van der Waals surface area contributed by atoms with Crippen molar-refractivity contribution < 1.29 is 14.7 Å². The van der Waals surface area contributed by atoms with E-state index in [0.29, 0.717) is 11.3 Å². The highest BCUT2D eigenvalue weighted by molar-refractivity contribution is 5.88. The highest BCUT2D eigenvalue weighted by atomic mass is 16.4. The molecule has 6 nitrogen and oxygen atoms in total. The number of primary amides is 1. The molecule has 1 rings (SSSR count). The number of carbonyl (C=O) groups excluding carboxylic acids is 1. The first-order chi connectivity index (χ1) is 8.91. The van der Waals surface area contributed by atoms with E-state index in [-0.39, 0.29) is 12.6 Å². The molecule has 1 aromatic rings. The zero-order chi connectivity index (χ0) is 14.4. The van der Waals surface area contributed by atoms with Crippen molar-refractivity contribution in [2.24, 2.45) is 5.73 Å².